The number of methoxy groups -OCH3 is 1. The average molecular weight is 848 g/mol. The second-order valence-corrected chi connectivity index (χ2v) is 16.3. The topological polar surface area (TPSA) is 217 Å². The number of carbonyl (C=O) groups excluding carboxylic acids is 4. The molecule has 59 heavy (non-hydrogen) atoms. The van der Waals surface area contributed by atoms with E-state index in [1.807, 2.05) is 19.0 Å². The summed E-state index contributed by atoms with van der Waals surface area (Å²) in [5.41, 5.74) is -2.49. The highest BCUT2D eigenvalue weighted by Gasteiger charge is 2.53. The Kier molecular flexibility index (Phi) is 13.3. The van der Waals surface area contributed by atoms with Crippen molar-refractivity contribution in [2.24, 2.45) is 0 Å². The van der Waals surface area contributed by atoms with Gasteiger partial charge in [0, 0.05) is 54.8 Å². The maximum absolute atomic E-state index is 13.9. The summed E-state index contributed by atoms with van der Waals surface area (Å²) in [6, 6.07) is 5.11. The number of benzene rings is 2. The number of aromatic hydroxyl groups is 2. The van der Waals surface area contributed by atoms with Gasteiger partial charge in [-0.25, -0.2) is 0 Å². The Hall–Kier alpha value is -3.55. The van der Waals surface area contributed by atoms with E-state index < -0.39 is 102 Å². The minimum Gasteiger partial charge on any atom is -0.507 e. The van der Waals surface area contributed by atoms with Gasteiger partial charge < -0.3 is 58.5 Å². The quantitative estimate of drug-likeness (QED) is 0.226. The number of Topliss-reactive ketones (excluding diaryl/α,β-unsaturated/α-hetero) is 1. The van der Waals surface area contributed by atoms with E-state index in [9.17, 15) is 39.6 Å². The molecular weight excluding hydrogens is 794 g/mol. The van der Waals surface area contributed by atoms with Gasteiger partial charge in [0.15, 0.2) is 30.4 Å². The predicted octanol–water partition coefficient (Wildman–Crippen LogP) is 3.58. The highest BCUT2D eigenvalue weighted by Crippen LogP contribution is 2.54. The molecule has 0 unspecified atom stereocenters. The molecule has 4 N–H and O–H groups in total. The van der Waals surface area contributed by atoms with Crippen LogP contribution in [0.15, 0.2) is 24.3 Å². The van der Waals surface area contributed by atoms with E-state index in [1.54, 1.807) is 27.7 Å². The fourth-order valence-electron chi connectivity index (χ4n) is 9.27. The zero-order valence-electron chi connectivity index (χ0n) is 34.1. The number of likely N-dealkylation sites (N-methyl/N-ethyl adjacent to an activating group) is 1. The van der Waals surface area contributed by atoms with Gasteiger partial charge in [-0.1, -0.05) is 19.1 Å². The zero-order chi connectivity index (χ0) is 42.0. The zero-order valence-corrected chi connectivity index (χ0v) is 34.9. The maximum atomic E-state index is 13.9. The summed E-state index contributed by atoms with van der Waals surface area (Å²) in [6.07, 6.45) is -6.64. The lowest BCUT2D eigenvalue weighted by molar-refractivity contribution is -0.324. The van der Waals surface area contributed by atoms with Crippen LogP contribution in [0, 0.1) is 0 Å². The minimum atomic E-state index is -1.76. The van der Waals surface area contributed by atoms with Crippen LogP contribution in [0.3, 0.4) is 0 Å². The van der Waals surface area contributed by atoms with E-state index in [1.165, 1.54) is 31.4 Å². The second-order valence-electron chi connectivity index (χ2n) is 16.3. The number of phenolic OH excluding ortho intramolecular Hbond substituents is 2. The summed E-state index contributed by atoms with van der Waals surface area (Å²) in [5.74, 6) is -4.59. The van der Waals surface area contributed by atoms with Crippen molar-refractivity contribution < 1.29 is 72.8 Å². The van der Waals surface area contributed by atoms with Gasteiger partial charge >= 0.3 is 5.97 Å². The predicted molar refractivity (Wildman–Crippen MR) is 208 cm³/mol. The Balaban J connectivity index is 0.00000585. The van der Waals surface area contributed by atoms with Crippen LogP contribution in [0.1, 0.15) is 121 Å². The number of esters is 1. The number of ether oxygens (including phenoxy) is 7. The van der Waals surface area contributed by atoms with Crippen molar-refractivity contribution in [1.82, 2.24) is 4.90 Å². The Morgan fingerprint density at radius 3 is 2.19 bits per heavy atom. The highest BCUT2D eigenvalue weighted by atomic mass is 35.5. The summed E-state index contributed by atoms with van der Waals surface area (Å²) in [7, 11) is 4.91. The highest BCUT2D eigenvalue weighted by molar-refractivity contribution is 6.30. The summed E-state index contributed by atoms with van der Waals surface area (Å²) in [5, 5.41) is 45.9. The first kappa shape index (κ1) is 45.0. The lowest BCUT2D eigenvalue weighted by Gasteiger charge is -2.48. The summed E-state index contributed by atoms with van der Waals surface area (Å²) < 4.78 is 42.6. The number of phenols is 2. The number of halogens is 1. The SMILES string of the molecule is CC[C@@]1(O)C[C@H](O[C@H]2C[C@H](N(C)C)[C@H](O[C@H]3C[C@H](O)[C@H](O[C@@H]4CCC(=O)[C@H](C)O4)[C@H](C)O3)[C@H](C)O2)c2c(cc3c(c2O)C(=O)c2c(O)cccc2C3=O)[C@H]1C(=O)OC.Cl. The van der Waals surface area contributed by atoms with Crippen LogP contribution < -0.4 is 0 Å². The molecule has 17 heteroatoms. The van der Waals surface area contributed by atoms with E-state index in [0.29, 0.717) is 12.8 Å². The Labute approximate surface area is 348 Å². The molecule has 0 bridgehead atoms. The number of carbonyl (C=O) groups is 4. The van der Waals surface area contributed by atoms with Gasteiger partial charge in [0.05, 0.1) is 48.3 Å². The van der Waals surface area contributed by atoms with Gasteiger partial charge in [-0.05, 0) is 59.0 Å². The van der Waals surface area contributed by atoms with Crippen LogP contribution in [-0.2, 0) is 42.7 Å². The van der Waals surface area contributed by atoms with Crippen LogP contribution in [0.25, 0.3) is 0 Å². The van der Waals surface area contributed by atoms with Crippen molar-refractivity contribution in [2.75, 3.05) is 21.2 Å². The molecule has 0 amide bonds. The van der Waals surface area contributed by atoms with Gasteiger partial charge in [-0.2, -0.15) is 0 Å². The molecule has 13 atom stereocenters. The maximum Gasteiger partial charge on any atom is 0.316 e. The molecule has 2 aliphatic carbocycles. The lowest BCUT2D eigenvalue weighted by atomic mass is 9.67. The van der Waals surface area contributed by atoms with E-state index in [-0.39, 0.29) is 83.3 Å². The molecule has 324 valence electrons. The molecule has 0 saturated carbocycles. The molecule has 3 saturated heterocycles. The fourth-order valence-corrected chi connectivity index (χ4v) is 9.27. The lowest BCUT2D eigenvalue weighted by Crippen LogP contribution is -2.58. The molecule has 2 aromatic rings. The molecule has 7 rings (SSSR count). The largest absolute Gasteiger partial charge is 0.507 e. The molecule has 5 aliphatic rings. The number of rotatable bonds is 9. The first-order valence-corrected chi connectivity index (χ1v) is 19.9. The summed E-state index contributed by atoms with van der Waals surface area (Å²) in [6.45, 7) is 6.95. The second kappa shape index (κ2) is 17.4. The fraction of sp³-hybridized carbons (Fsp3) is 0.619. The van der Waals surface area contributed by atoms with E-state index >= 15 is 0 Å². The monoisotopic (exact) mass is 847 g/mol. The van der Waals surface area contributed by atoms with Crippen LogP contribution >= 0.6 is 12.4 Å². The molecule has 3 heterocycles. The number of hydrogen-bond donors (Lipinski definition) is 4. The number of nitrogens with zero attached hydrogens (tertiary/aromatic N) is 1. The molecule has 0 aromatic heterocycles. The van der Waals surface area contributed by atoms with Crippen molar-refractivity contribution >= 4 is 35.7 Å². The number of ketones is 3. The number of fused-ring (bicyclic) bond motifs is 3. The van der Waals surface area contributed by atoms with Crippen molar-refractivity contribution in [3.8, 4) is 11.5 Å². The summed E-state index contributed by atoms with van der Waals surface area (Å²) >= 11 is 0. The van der Waals surface area contributed by atoms with Gasteiger partial charge in [0.25, 0.3) is 0 Å². The van der Waals surface area contributed by atoms with E-state index in [0.717, 1.165) is 0 Å². The third-order valence-corrected chi connectivity index (χ3v) is 12.4. The number of hydrogen-bond acceptors (Lipinski definition) is 16. The molecule has 0 radical (unpaired) electrons. The van der Waals surface area contributed by atoms with Crippen LogP contribution in [0.2, 0.25) is 0 Å². The average Bonchev–Trinajstić information content (AvgIpc) is 3.17. The first-order valence-electron chi connectivity index (χ1n) is 19.9. The van der Waals surface area contributed by atoms with Crippen molar-refractivity contribution in [2.45, 2.75) is 145 Å². The first-order chi connectivity index (χ1) is 27.5. The van der Waals surface area contributed by atoms with Crippen molar-refractivity contribution in [3.63, 3.8) is 0 Å². The van der Waals surface area contributed by atoms with Crippen molar-refractivity contribution in [1.29, 1.82) is 0 Å². The number of aliphatic hydroxyl groups is 2. The van der Waals surface area contributed by atoms with Gasteiger partial charge in [0.1, 0.15) is 35.7 Å². The standard InChI is InChI=1S/C42H53NO15.ClH/c1-8-42(51)17-28(33-22(35(42)41(50)52-7)14-23-34(38(33)49)37(48)32-21(36(23)47)10-9-11-26(32)45)56-30-15-24(43(5)6)39(19(3)54-30)58-31-16-27(46)40(20(4)55-31)57-29-13-12-25(44)18(2)53-29;/h9-11,14,18-20,24,27-31,35,39-40,45-46,49,51H,8,12-13,15-17H2,1-7H3;1H/t18-,19-,20-,24-,27-,28-,29+,30-,31-,35-,39+,40+,42+;/m0./s1. The smallest absolute Gasteiger partial charge is 0.316 e. The Morgan fingerprint density at radius 1 is 0.898 bits per heavy atom. The third-order valence-electron chi connectivity index (χ3n) is 12.4. The Morgan fingerprint density at radius 2 is 1.56 bits per heavy atom. The molecule has 2 aromatic carbocycles. The van der Waals surface area contributed by atoms with Crippen LogP contribution in [0.4, 0.5) is 0 Å². The summed E-state index contributed by atoms with van der Waals surface area (Å²) in [4.78, 5) is 55.0. The molecule has 3 fully saturated rings. The van der Waals surface area contributed by atoms with E-state index in [4.69, 9.17) is 33.2 Å². The number of aliphatic hydroxyl groups excluding tert-OH is 1. The third kappa shape index (κ3) is 8.16. The van der Waals surface area contributed by atoms with E-state index in [2.05, 4.69) is 0 Å². The Bertz CT molecular complexity index is 1950. The molecule has 3 aliphatic heterocycles. The van der Waals surface area contributed by atoms with Crippen LogP contribution in [0.5, 0.6) is 11.5 Å². The molecular formula is C42H54ClNO15. The molecule has 0 spiro atoms. The van der Waals surface area contributed by atoms with Gasteiger partial charge in [0.2, 0.25) is 5.78 Å². The molecule has 16 nitrogen and oxygen atoms in total. The minimum absolute atomic E-state index is 0. The van der Waals surface area contributed by atoms with Crippen molar-refractivity contribution in [3.05, 3.63) is 57.6 Å². The van der Waals surface area contributed by atoms with Crippen LogP contribution in [-0.4, -0.2) is 137 Å². The van der Waals surface area contributed by atoms with Gasteiger partial charge in [-0.3, -0.25) is 19.2 Å². The van der Waals surface area contributed by atoms with Gasteiger partial charge in [-0.15, -0.1) is 12.4 Å². The normalized spacial score (nSPS) is 35.7.